The predicted octanol–water partition coefficient (Wildman–Crippen LogP) is 5.93. The Morgan fingerprint density at radius 2 is 1.31 bits per heavy atom. The molecule has 3 nitrogen and oxygen atoms in total. The zero-order valence-electron chi connectivity index (χ0n) is 14.6. The molecule has 0 aliphatic carbocycles. The molecule has 0 unspecified atom stereocenters. The molecule has 0 aromatic heterocycles. The van der Waals surface area contributed by atoms with E-state index >= 15 is 0 Å². The molecule has 0 bridgehead atoms. The van der Waals surface area contributed by atoms with E-state index in [0.717, 1.165) is 12.1 Å². The normalized spacial score (nSPS) is 13.7. The van der Waals surface area contributed by atoms with Gasteiger partial charge in [-0.25, -0.2) is 18.8 Å². The molecule has 1 aliphatic heterocycles. The number of halogens is 5. The fourth-order valence-corrected chi connectivity index (χ4v) is 2.79. The molecule has 4 rings (SSSR count). The number of benzene rings is 3. The second-order valence-electron chi connectivity index (χ2n) is 6.26. The first kappa shape index (κ1) is 18.8. The molecule has 0 fully saturated rings. The van der Waals surface area contributed by atoms with Crippen LogP contribution in [0.15, 0.2) is 76.7 Å². The number of fused-ring (bicyclic) bond motifs is 1. The highest BCUT2D eigenvalue weighted by molar-refractivity contribution is 6.19. The molecule has 0 saturated carbocycles. The van der Waals surface area contributed by atoms with Crippen molar-refractivity contribution in [3.63, 3.8) is 0 Å². The highest BCUT2D eigenvalue weighted by Crippen LogP contribution is 2.31. The Bertz CT molecular complexity index is 1110. The van der Waals surface area contributed by atoms with Crippen LogP contribution in [0.4, 0.5) is 33.3 Å². The second-order valence-corrected chi connectivity index (χ2v) is 6.26. The molecule has 0 radical (unpaired) electrons. The standard InChI is InChI=1S/C21H12F5N3/c22-15-7-3-13(4-8-15)19-27-17-10-9-16(23)11-18(17)28-20(29-19)12-1-5-14(6-2-12)21(24,25)26/h1-11H,(H,27,28,29). The molecule has 146 valence electrons. The summed E-state index contributed by atoms with van der Waals surface area (Å²) in [6, 6.07) is 13.8. The van der Waals surface area contributed by atoms with Crippen molar-refractivity contribution in [1.29, 1.82) is 0 Å². The van der Waals surface area contributed by atoms with Crippen molar-refractivity contribution in [2.75, 3.05) is 5.32 Å². The molecule has 3 aromatic carbocycles. The van der Waals surface area contributed by atoms with Gasteiger partial charge in [0.1, 0.15) is 17.5 Å². The molecule has 0 saturated heterocycles. The third kappa shape index (κ3) is 4.01. The van der Waals surface area contributed by atoms with Crippen LogP contribution < -0.4 is 5.32 Å². The highest BCUT2D eigenvalue weighted by Gasteiger charge is 2.30. The molecule has 1 aliphatic rings. The minimum absolute atomic E-state index is 0.186. The van der Waals surface area contributed by atoms with Gasteiger partial charge in [-0.2, -0.15) is 13.2 Å². The van der Waals surface area contributed by atoms with Gasteiger partial charge in [-0.1, -0.05) is 12.1 Å². The lowest BCUT2D eigenvalue weighted by molar-refractivity contribution is -0.137. The Kier molecular flexibility index (Phi) is 4.62. The maximum atomic E-state index is 13.7. The van der Waals surface area contributed by atoms with Crippen LogP contribution in [-0.4, -0.2) is 11.7 Å². The summed E-state index contributed by atoms with van der Waals surface area (Å²) < 4.78 is 65.5. The number of rotatable bonds is 2. The zero-order chi connectivity index (χ0) is 20.6. The summed E-state index contributed by atoms with van der Waals surface area (Å²) in [5.41, 5.74) is 0.742. The molecule has 1 N–H and O–H groups in total. The molecule has 8 heteroatoms. The maximum Gasteiger partial charge on any atom is 0.416 e. The Balaban J connectivity index is 1.82. The number of aliphatic imine (C=N–C) groups is 2. The first-order chi connectivity index (χ1) is 13.8. The molecule has 3 aromatic rings. The van der Waals surface area contributed by atoms with E-state index in [4.69, 9.17) is 0 Å². The van der Waals surface area contributed by atoms with Crippen LogP contribution in [-0.2, 0) is 6.18 Å². The fraction of sp³-hybridized carbons (Fsp3) is 0.0476. The lowest BCUT2D eigenvalue weighted by Gasteiger charge is -2.11. The summed E-state index contributed by atoms with van der Waals surface area (Å²) >= 11 is 0. The van der Waals surface area contributed by atoms with E-state index in [1.54, 1.807) is 0 Å². The lowest BCUT2D eigenvalue weighted by atomic mass is 10.1. The Labute approximate surface area is 162 Å². The minimum Gasteiger partial charge on any atom is -0.338 e. The molecule has 0 amide bonds. The molecular weight excluding hydrogens is 389 g/mol. The van der Waals surface area contributed by atoms with E-state index in [-0.39, 0.29) is 11.7 Å². The Hall–Kier alpha value is -3.55. The monoisotopic (exact) mass is 401 g/mol. The molecule has 29 heavy (non-hydrogen) atoms. The number of amidine groups is 2. The first-order valence-electron chi connectivity index (χ1n) is 8.47. The quantitative estimate of drug-likeness (QED) is 0.531. The third-order valence-electron chi connectivity index (χ3n) is 4.24. The van der Waals surface area contributed by atoms with Gasteiger partial charge in [0.2, 0.25) is 0 Å². The van der Waals surface area contributed by atoms with Crippen LogP contribution in [0.2, 0.25) is 0 Å². The summed E-state index contributed by atoms with van der Waals surface area (Å²) in [6.45, 7) is 0. The van der Waals surface area contributed by atoms with Gasteiger partial charge in [0, 0.05) is 11.1 Å². The van der Waals surface area contributed by atoms with Gasteiger partial charge in [-0.3, -0.25) is 0 Å². The topological polar surface area (TPSA) is 36.8 Å². The number of alkyl halides is 3. The minimum atomic E-state index is -4.46. The van der Waals surface area contributed by atoms with Gasteiger partial charge in [-0.05, 0) is 54.6 Å². The molecular formula is C21H12F5N3. The number of hydrogen-bond acceptors (Lipinski definition) is 3. The van der Waals surface area contributed by atoms with Crippen molar-refractivity contribution in [1.82, 2.24) is 0 Å². The van der Waals surface area contributed by atoms with Gasteiger partial charge in [0.15, 0.2) is 5.84 Å². The van der Waals surface area contributed by atoms with Crippen LogP contribution in [0, 0.1) is 11.6 Å². The van der Waals surface area contributed by atoms with Gasteiger partial charge in [-0.15, -0.1) is 0 Å². The van der Waals surface area contributed by atoms with Gasteiger partial charge in [0.25, 0.3) is 0 Å². The van der Waals surface area contributed by atoms with Crippen molar-refractivity contribution in [3.8, 4) is 0 Å². The fourth-order valence-electron chi connectivity index (χ4n) is 2.79. The molecule has 0 spiro atoms. The second kappa shape index (κ2) is 7.12. The number of nitrogens with one attached hydrogen (secondary N) is 1. The number of nitrogens with zero attached hydrogens (tertiary/aromatic N) is 2. The van der Waals surface area contributed by atoms with E-state index < -0.39 is 23.4 Å². The highest BCUT2D eigenvalue weighted by atomic mass is 19.4. The summed E-state index contributed by atoms with van der Waals surface area (Å²) in [4.78, 5) is 8.82. The van der Waals surface area contributed by atoms with Crippen LogP contribution >= 0.6 is 0 Å². The SMILES string of the molecule is Fc1ccc(C2=Nc3ccc(F)cc3NC(c3ccc(C(F)(F)F)cc3)=N2)cc1. The number of anilines is 1. The summed E-state index contributed by atoms with van der Waals surface area (Å²) in [5, 5.41) is 2.93. The van der Waals surface area contributed by atoms with Crippen molar-refractivity contribution < 1.29 is 22.0 Å². The van der Waals surface area contributed by atoms with Crippen molar-refractivity contribution in [2.45, 2.75) is 6.18 Å². The predicted molar refractivity (Wildman–Crippen MR) is 101 cm³/mol. The zero-order valence-corrected chi connectivity index (χ0v) is 14.6. The van der Waals surface area contributed by atoms with E-state index in [2.05, 4.69) is 15.3 Å². The lowest BCUT2D eigenvalue weighted by Crippen LogP contribution is -2.15. The van der Waals surface area contributed by atoms with Gasteiger partial charge >= 0.3 is 6.18 Å². The average Bonchev–Trinajstić information content (AvgIpc) is 2.87. The van der Waals surface area contributed by atoms with Crippen molar-refractivity contribution in [3.05, 3.63) is 95.1 Å². The van der Waals surface area contributed by atoms with E-state index in [1.807, 2.05) is 0 Å². The maximum absolute atomic E-state index is 13.7. The van der Waals surface area contributed by atoms with E-state index in [1.165, 1.54) is 54.6 Å². The summed E-state index contributed by atoms with van der Waals surface area (Å²) in [5.74, 6) is -0.553. The number of hydrogen-bond donors (Lipinski definition) is 1. The first-order valence-corrected chi connectivity index (χ1v) is 8.47. The Morgan fingerprint density at radius 1 is 0.690 bits per heavy atom. The van der Waals surface area contributed by atoms with Crippen LogP contribution in [0.1, 0.15) is 16.7 Å². The molecule has 0 atom stereocenters. The van der Waals surface area contributed by atoms with Crippen LogP contribution in [0.5, 0.6) is 0 Å². The smallest absolute Gasteiger partial charge is 0.338 e. The van der Waals surface area contributed by atoms with Gasteiger partial charge in [0.05, 0.1) is 16.9 Å². The van der Waals surface area contributed by atoms with Crippen LogP contribution in [0.25, 0.3) is 0 Å². The largest absolute Gasteiger partial charge is 0.416 e. The van der Waals surface area contributed by atoms with Crippen LogP contribution in [0.3, 0.4) is 0 Å². The van der Waals surface area contributed by atoms with Gasteiger partial charge < -0.3 is 5.32 Å². The van der Waals surface area contributed by atoms with E-state index in [0.29, 0.717) is 22.5 Å². The third-order valence-corrected chi connectivity index (χ3v) is 4.24. The van der Waals surface area contributed by atoms with Crippen molar-refractivity contribution >= 4 is 23.0 Å². The van der Waals surface area contributed by atoms with E-state index in [9.17, 15) is 22.0 Å². The van der Waals surface area contributed by atoms with Crippen molar-refractivity contribution in [2.24, 2.45) is 9.98 Å². The summed E-state index contributed by atoms with van der Waals surface area (Å²) in [7, 11) is 0. The average molecular weight is 401 g/mol. The summed E-state index contributed by atoms with van der Waals surface area (Å²) in [6.07, 6.45) is -4.46. The molecule has 1 heterocycles. The Morgan fingerprint density at radius 3 is 1.97 bits per heavy atom.